The van der Waals surface area contributed by atoms with Gasteiger partial charge in [0.25, 0.3) is 0 Å². The maximum Gasteiger partial charge on any atom is 0.0889 e. The minimum Gasteiger partial charge on any atom is -0.404 e. The monoisotopic (exact) mass is 371 g/mol. The van der Waals surface area contributed by atoms with E-state index in [-0.39, 0.29) is 6.04 Å². The molecule has 1 aliphatic heterocycles. The molecular formula is C22H37N5. The van der Waals surface area contributed by atoms with Gasteiger partial charge < -0.3 is 21.8 Å². The van der Waals surface area contributed by atoms with E-state index in [4.69, 9.17) is 16.1 Å². The van der Waals surface area contributed by atoms with Crippen LogP contribution in [0.1, 0.15) is 52.9 Å². The maximum absolute atomic E-state index is 7.82. The van der Waals surface area contributed by atoms with Crippen LogP contribution in [-0.4, -0.2) is 37.6 Å². The Kier molecular flexibility index (Phi) is 8.79. The van der Waals surface area contributed by atoms with Crippen LogP contribution < -0.4 is 16.4 Å². The van der Waals surface area contributed by atoms with Gasteiger partial charge >= 0.3 is 0 Å². The molecule has 0 spiro atoms. The normalized spacial score (nSPS) is 25.8. The van der Waals surface area contributed by atoms with Crippen molar-refractivity contribution in [3.05, 3.63) is 35.2 Å². The molecule has 2 rings (SSSR count). The van der Waals surface area contributed by atoms with Gasteiger partial charge in [0.15, 0.2) is 0 Å². The third kappa shape index (κ3) is 6.35. The van der Waals surface area contributed by atoms with Crippen LogP contribution in [0.4, 0.5) is 0 Å². The van der Waals surface area contributed by atoms with E-state index in [1.807, 2.05) is 6.21 Å². The Morgan fingerprint density at radius 1 is 1.33 bits per heavy atom. The number of allylic oxidation sites excluding steroid dienone is 3. The fourth-order valence-corrected chi connectivity index (χ4v) is 3.75. The minimum atomic E-state index is -0.246. The molecule has 27 heavy (non-hydrogen) atoms. The van der Waals surface area contributed by atoms with Crippen LogP contribution in [0.25, 0.3) is 0 Å². The summed E-state index contributed by atoms with van der Waals surface area (Å²) >= 11 is 0. The van der Waals surface area contributed by atoms with E-state index in [0.29, 0.717) is 12.0 Å². The standard InChI is InChI=1S/C22H37N5/c1-4-6-17-9-21(10-17)26-15-19(11-23)22(12-24)27-16(3)8-18(7-5-2)20-13-25-14-20/h7-8,11-12,15,17,20-22,24-25,27H,4-6,9-10,13-14,23H2,1-3H3/b16-8+,18-7+,19-11?,24-12?,26-15?. The molecule has 5 nitrogen and oxygen atoms in total. The van der Waals surface area contributed by atoms with Crippen LogP contribution in [0.3, 0.4) is 0 Å². The Labute approximate surface area is 164 Å². The number of nitrogens with zero attached hydrogens (tertiary/aromatic N) is 1. The van der Waals surface area contributed by atoms with Crippen molar-refractivity contribution in [2.75, 3.05) is 13.1 Å². The highest BCUT2D eigenvalue weighted by Gasteiger charge is 2.27. The molecule has 5 N–H and O–H groups in total. The average Bonchev–Trinajstić information content (AvgIpc) is 2.57. The fraction of sp³-hybridized carbons (Fsp3) is 0.636. The summed E-state index contributed by atoms with van der Waals surface area (Å²) in [5, 5.41) is 14.6. The first-order chi connectivity index (χ1) is 13.1. The van der Waals surface area contributed by atoms with Crippen LogP contribution in [0.2, 0.25) is 0 Å². The quantitative estimate of drug-likeness (QED) is 0.331. The van der Waals surface area contributed by atoms with E-state index >= 15 is 0 Å². The van der Waals surface area contributed by atoms with Gasteiger partial charge in [0.2, 0.25) is 0 Å². The third-order valence-corrected chi connectivity index (χ3v) is 5.52. The fourth-order valence-electron chi connectivity index (χ4n) is 3.75. The Bertz CT molecular complexity index is 592. The summed E-state index contributed by atoms with van der Waals surface area (Å²) in [5.41, 5.74) is 9.11. The number of rotatable bonds is 11. The molecule has 0 aromatic heterocycles. The number of aliphatic imine (C=N–C) groups is 1. The molecule has 0 aromatic rings. The molecule has 2 fully saturated rings. The van der Waals surface area contributed by atoms with Gasteiger partial charge in [-0.15, -0.1) is 0 Å². The second kappa shape index (κ2) is 11.1. The van der Waals surface area contributed by atoms with E-state index in [0.717, 1.165) is 36.7 Å². The van der Waals surface area contributed by atoms with Gasteiger partial charge in [-0.05, 0) is 43.8 Å². The second-order valence-electron chi connectivity index (χ2n) is 7.81. The van der Waals surface area contributed by atoms with Crippen molar-refractivity contribution >= 4 is 12.4 Å². The van der Waals surface area contributed by atoms with Crippen molar-refractivity contribution in [3.8, 4) is 0 Å². The topological polar surface area (TPSA) is 86.3 Å². The van der Waals surface area contributed by atoms with Crippen molar-refractivity contribution in [3.63, 3.8) is 0 Å². The zero-order valence-corrected chi connectivity index (χ0v) is 17.2. The summed E-state index contributed by atoms with van der Waals surface area (Å²) in [6, 6.07) is 0.175. The van der Waals surface area contributed by atoms with Gasteiger partial charge in [-0.25, -0.2) is 0 Å². The summed E-state index contributed by atoms with van der Waals surface area (Å²) < 4.78 is 0. The first-order valence-electron chi connectivity index (χ1n) is 10.4. The molecule has 0 amide bonds. The van der Waals surface area contributed by atoms with E-state index in [2.05, 4.69) is 43.6 Å². The molecule has 0 aromatic carbocycles. The first kappa shape index (κ1) is 21.4. The van der Waals surface area contributed by atoms with Gasteiger partial charge in [0.05, 0.1) is 12.1 Å². The smallest absolute Gasteiger partial charge is 0.0889 e. The summed E-state index contributed by atoms with van der Waals surface area (Å²) in [5.74, 6) is 1.44. The summed E-state index contributed by atoms with van der Waals surface area (Å²) in [6.45, 7) is 8.55. The highest BCUT2D eigenvalue weighted by Crippen LogP contribution is 2.33. The molecule has 0 radical (unpaired) electrons. The van der Waals surface area contributed by atoms with E-state index in [1.165, 1.54) is 37.5 Å². The Hall–Kier alpha value is -1.88. The van der Waals surface area contributed by atoms with Crippen LogP contribution in [0.5, 0.6) is 0 Å². The van der Waals surface area contributed by atoms with Crippen molar-refractivity contribution in [2.24, 2.45) is 22.6 Å². The molecule has 150 valence electrons. The predicted octanol–water partition coefficient (Wildman–Crippen LogP) is 3.55. The summed E-state index contributed by atoms with van der Waals surface area (Å²) in [7, 11) is 0. The van der Waals surface area contributed by atoms with Gasteiger partial charge in [-0.1, -0.05) is 32.8 Å². The highest BCUT2D eigenvalue weighted by atomic mass is 15.0. The molecule has 0 bridgehead atoms. The van der Waals surface area contributed by atoms with Crippen molar-refractivity contribution in [1.29, 1.82) is 5.41 Å². The van der Waals surface area contributed by atoms with Gasteiger partial charge in [0.1, 0.15) is 0 Å². The lowest BCUT2D eigenvalue weighted by atomic mass is 9.78. The van der Waals surface area contributed by atoms with E-state index in [1.54, 1.807) is 6.20 Å². The lowest BCUT2D eigenvalue weighted by Crippen LogP contribution is -2.43. The Balaban J connectivity index is 1.94. The lowest BCUT2D eigenvalue weighted by molar-refractivity contribution is 0.250. The molecule has 1 saturated carbocycles. The highest BCUT2D eigenvalue weighted by molar-refractivity contribution is 5.87. The number of hydrogen-bond donors (Lipinski definition) is 4. The third-order valence-electron chi connectivity index (χ3n) is 5.52. The molecule has 1 saturated heterocycles. The predicted molar refractivity (Wildman–Crippen MR) is 116 cm³/mol. The SMILES string of the molecule is CC/C=C(\C=C(/C)NC(C=N)C(C=NC1CC(CCC)C1)=CN)C1CNC1. The zero-order chi connectivity index (χ0) is 19.6. The number of nitrogens with one attached hydrogen (secondary N) is 3. The largest absolute Gasteiger partial charge is 0.404 e. The van der Waals surface area contributed by atoms with Gasteiger partial charge in [-0.2, -0.15) is 0 Å². The molecule has 2 aliphatic rings. The summed E-state index contributed by atoms with van der Waals surface area (Å²) in [4.78, 5) is 4.69. The first-order valence-corrected chi connectivity index (χ1v) is 10.4. The molecule has 1 unspecified atom stereocenters. The molecule has 1 heterocycles. The molecular weight excluding hydrogens is 334 g/mol. The minimum absolute atomic E-state index is 0.246. The van der Waals surface area contributed by atoms with Crippen molar-refractivity contribution in [2.45, 2.75) is 65.0 Å². The Morgan fingerprint density at radius 3 is 2.59 bits per heavy atom. The second-order valence-corrected chi connectivity index (χ2v) is 7.81. The van der Waals surface area contributed by atoms with E-state index in [9.17, 15) is 0 Å². The van der Waals surface area contributed by atoms with Gasteiger partial charge in [0, 0.05) is 48.9 Å². The van der Waals surface area contributed by atoms with Crippen molar-refractivity contribution < 1.29 is 0 Å². The Morgan fingerprint density at radius 2 is 2.07 bits per heavy atom. The van der Waals surface area contributed by atoms with E-state index < -0.39 is 0 Å². The summed E-state index contributed by atoms with van der Waals surface area (Å²) in [6.07, 6.45) is 15.3. The van der Waals surface area contributed by atoms with Gasteiger partial charge in [-0.3, -0.25) is 4.99 Å². The van der Waals surface area contributed by atoms with Crippen molar-refractivity contribution in [1.82, 2.24) is 10.6 Å². The van der Waals surface area contributed by atoms with Crippen LogP contribution >= 0.6 is 0 Å². The zero-order valence-electron chi connectivity index (χ0n) is 17.2. The van der Waals surface area contributed by atoms with Crippen LogP contribution in [0, 0.1) is 17.2 Å². The lowest BCUT2D eigenvalue weighted by Gasteiger charge is -2.32. The van der Waals surface area contributed by atoms with Crippen LogP contribution in [-0.2, 0) is 0 Å². The number of nitrogens with two attached hydrogens (primary N) is 1. The maximum atomic E-state index is 7.82. The molecule has 1 atom stereocenters. The molecule has 5 heteroatoms. The average molecular weight is 372 g/mol. The van der Waals surface area contributed by atoms with Crippen LogP contribution in [0.15, 0.2) is 40.2 Å². The molecule has 1 aliphatic carbocycles. The number of hydrogen-bond acceptors (Lipinski definition) is 5.